The standard InChI is InChI=1S/C18H22FN/c1-4-12-20-14(3)16-8-5-6-9-17(16)15-10-7-11-18(19)13(15)2/h5-11,14,20H,4,12H2,1-3H3. The van der Waals surface area contributed by atoms with Crippen LogP contribution in [0.5, 0.6) is 0 Å². The molecule has 0 bridgehead atoms. The number of hydrogen-bond acceptors (Lipinski definition) is 1. The zero-order chi connectivity index (χ0) is 14.5. The lowest BCUT2D eigenvalue weighted by Crippen LogP contribution is -2.19. The lowest BCUT2D eigenvalue weighted by atomic mass is 9.92. The van der Waals surface area contributed by atoms with Crippen molar-refractivity contribution in [2.45, 2.75) is 33.2 Å². The molecule has 0 aliphatic heterocycles. The summed E-state index contributed by atoms with van der Waals surface area (Å²) in [7, 11) is 0. The van der Waals surface area contributed by atoms with E-state index < -0.39 is 0 Å². The Hall–Kier alpha value is -1.67. The summed E-state index contributed by atoms with van der Waals surface area (Å²) in [6.07, 6.45) is 1.10. The predicted octanol–water partition coefficient (Wildman–Crippen LogP) is 4.86. The van der Waals surface area contributed by atoms with Gasteiger partial charge in [0.25, 0.3) is 0 Å². The van der Waals surface area contributed by atoms with Crippen molar-refractivity contribution < 1.29 is 4.39 Å². The van der Waals surface area contributed by atoms with Crippen molar-refractivity contribution in [1.82, 2.24) is 5.32 Å². The van der Waals surface area contributed by atoms with E-state index in [2.05, 4.69) is 31.3 Å². The highest BCUT2D eigenvalue weighted by Gasteiger charge is 2.13. The van der Waals surface area contributed by atoms with Crippen LogP contribution in [-0.2, 0) is 0 Å². The minimum absolute atomic E-state index is 0.147. The molecule has 2 heteroatoms. The summed E-state index contributed by atoms with van der Waals surface area (Å²) in [5.74, 6) is -0.147. The fraction of sp³-hybridized carbons (Fsp3) is 0.333. The van der Waals surface area contributed by atoms with Gasteiger partial charge in [-0.2, -0.15) is 0 Å². The first kappa shape index (κ1) is 14.7. The van der Waals surface area contributed by atoms with Crippen LogP contribution in [0.2, 0.25) is 0 Å². The molecule has 2 rings (SSSR count). The van der Waals surface area contributed by atoms with Gasteiger partial charge in [0.05, 0.1) is 0 Å². The average molecular weight is 271 g/mol. The van der Waals surface area contributed by atoms with Crippen LogP contribution in [-0.4, -0.2) is 6.54 Å². The van der Waals surface area contributed by atoms with Crippen LogP contribution < -0.4 is 5.32 Å². The Morgan fingerprint density at radius 2 is 1.75 bits per heavy atom. The third-order valence-electron chi connectivity index (χ3n) is 3.69. The molecule has 1 unspecified atom stereocenters. The van der Waals surface area contributed by atoms with Crippen LogP contribution in [0.1, 0.15) is 37.4 Å². The Balaban J connectivity index is 2.44. The van der Waals surface area contributed by atoms with Crippen LogP contribution in [0.3, 0.4) is 0 Å². The predicted molar refractivity (Wildman–Crippen MR) is 83.3 cm³/mol. The maximum absolute atomic E-state index is 13.8. The molecule has 1 atom stereocenters. The van der Waals surface area contributed by atoms with Gasteiger partial charge in [-0.05, 0) is 55.1 Å². The first-order chi connectivity index (χ1) is 9.65. The largest absolute Gasteiger partial charge is 0.310 e. The Morgan fingerprint density at radius 1 is 1.05 bits per heavy atom. The van der Waals surface area contributed by atoms with Gasteiger partial charge in [-0.3, -0.25) is 0 Å². The molecule has 0 aromatic heterocycles. The summed E-state index contributed by atoms with van der Waals surface area (Å²) >= 11 is 0. The molecule has 0 amide bonds. The van der Waals surface area contributed by atoms with Crippen molar-refractivity contribution in [3.8, 4) is 11.1 Å². The molecular weight excluding hydrogens is 249 g/mol. The van der Waals surface area contributed by atoms with Gasteiger partial charge in [-0.25, -0.2) is 4.39 Å². The first-order valence-corrected chi connectivity index (χ1v) is 7.23. The molecular formula is C18H22FN. The van der Waals surface area contributed by atoms with Crippen molar-refractivity contribution in [3.05, 3.63) is 59.4 Å². The van der Waals surface area contributed by atoms with Crippen LogP contribution in [0.4, 0.5) is 4.39 Å². The zero-order valence-corrected chi connectivity index (χ0v) is 12.4. The summed E-state index contributed by atoms with van der Waals surface area (Å²) in [5, 5.41) is 3.50. The van der Waals surface area contributed by atoms with Crippen molar-refractivity contribution in [2.24, 2.45) is 0 Å². The molecule has 106 valence electrons. The molecule has 20 heavy (non-hydrogen) atoms. The second kappa shape index (κ2) is 6.67. The Kier molecular flexibility index (Phi) is 4.91. The van der Waals surface area contributed by atoms with E-state index in [-0.39, 0.29) is 11.9 Å². The normalized spacial score (nSPS) is 12.4. The molecule has 0 aliphatic rings. The summed E-state index contributed by atoms with van der Waals surface area (Å²) in [5.41, 5.74) is 4.02. The smallest absolute Gasteiger partial charge is 0.126 e. The number of rotatable bonds is 5. The van der Waals surface area contributed by atoms with E-state index in [9.17, 15) is 4.39 Å². The van der Waals surface area contributed by atoms with Gasteiger partial charge in [-0.1, -0.05) is 43.3 Å². The monoisotopic (exact) mass is 271 g/mol. The molecule has 1 nitrogen and oxygen atoms in total. The molecule has 2 aromatic carbocycles. The van der Waals surface area contributed by atoms with E-state index in [4.69, 9.17) is 0 Å². The summed E-state index contributed by atoms with van der Waals surface area (Å²) in [6, 6.07) is 13.8. The molecule has 0 spiro atoms. The van der Waals surface area contributed by atoms with Crippen LogP contribution in [0.15, 0.2) is 42.5 Å². The molecule has 0 heterocycles. The lowest BCUT2D eigenvalue weighted by Gasteiger charge is -2.19. The summed E-state index contributed by atoms with van der Waals surface area (Å²) in [4.78, 5) is 0. The van der Waals surface area contributed by atoms with E-state index >= 15 is 0 Å². The number of halogens is 1. The topological polar surface area (TPSA) is 12.0 Å². The quantitative estimate of drug-likeness (QED) is 0.818. The van der Waals surface area contributed by atoms with Gasteiger partial charge < -0.3 is 5.32 Å². The number of hydrogen-bond donors (Lipinski definition) is 1. The SMILES string of the molecule is CCCNC(C)c1ccccc1-c1cccc(F)c1C. The number of nitrogens with one attached hydrogen (secondary N) is 1. The van der Waals surface area contributed by atoms with Crippen molar-refractivity contribution in [1.29, 1.82) is 0 Å². The highest BCUT2D eigenvalue weighted by Crippen LogP contribution is 2.31. The molecule has 0 aliphatic carbocycles. The Bertz CT molecular complexity index is 577. The van der Waals surface area contributed by atoms with Crippen molar-refractivity contribution >= 4 is 0 Å². The van der Waals surface area contributed by atoms with Crippen LogP contribution in [0, 0.1) is 12.7 Å². The molecule has 0 fully saturated rings. The van der Waals surface area contributed by atoms with Crippen LogP contribution >= 0.6 is 0 Å². The highest BCUT2D eigenvalue weighted by molar-refractivity contribution is 5.71. The second-order valence-corrected chi connectivity index (χ2v) is 5.18. The van der Waals surface area contributed by atoms with Gasteiger partial charge in [-0.15, -0.1) is 0 Å². The Morgan fingerprint density at radius 3 is 2.50 bits per heavy atom. The maximum Gasteiger partial charge on any atom is 0.126 e. The summed E-state index contributed by atoms with van der Waals surface area (Å²) < 4.78 is 13.8. The zero-order valence-electron chi connectivity index (χ0n) is 12.4. The fourth-order valence-corrected chi connectivity index (χ4v) is 2.49. The third kappa shape index (κ3) is 3.07. The minimum atomic E-state index is -0.147. The van der Waals surface area contributed by atoms with Gasteiger partial charge in [0.2, 0.25) is 0 Å². The van der Waals surface area contributed by atoms with E-state index in [1.165, 1.54) is 11.6 Å². The van der Waals surface area contributed by atoms with E-state index in [0.29, 0.717) is 5.56 Å². The molecule has 0 radical (unpaired) electrons. The minimum Gasteiger partial charge on any atom is -0.310 e. The molecule has 0 saturated carbocycles. The average Bonchev–Trinajstić information content (AvgIpc) is 2.47. The van der Waals surface area contributed by atoms with Gasteiger partial charge in [0.1, 0.15) is 5.82 Å². The highest BCUT2D eigenvalue weighted by atomic mass is 19.1. The van der Waals surface area contributed by atoms with E-state index in [1.54, 1.807) is 6.07 Å². The molecule has 2 aromatic rings. The maximum atomic E-state index is 13.8. The second-order valence-electron chi connectivity index (χ2n) is 5.18. The van der Waals surface area contributed by atoms with Gasteiger partial charge in [0.15, 0.2) is 0 Å². The summed E-state index contributed by atoms with van der Waals surface area (Å²) in [6.45, 7) is 7.13. The van der Waals surface area contributed by atoms with Gasteiger partial charge in [0, 0.05) is 6.04 Å². The Labute approximate surface area is 120 Å². The van der Waals surface area contributed by atoms with E-state index in [1.807, 2.05) is 25.1 Å². The molecule has 1 N–H and O–H groups in total. The van der Waals surface area contributed by atoms with Crippen LogP contribution in [0.25, 0.3) is 11.1 Å². The molecule has 0 saturated heterocycles. The van der Waals surface area contributed by atoms with Gasteiger partial charge >= 0.3 is 0 Å². The van der Waals surface area contributed by atoms with E-state index in [0.717, 1.165) is 24.1 Å². The van der Waals surface area contributed by atoms with Crippen molar-refractivity contribution in [2.75, 3.05) is 6.54 Å². The first-order valence-electron chi connectivity index (χ1n) is 7.23. The number of benzene rings is 2. The third-order valence-corrected chi connectivity index (χ3v) is 3.69. The lowest BCUT2D eigenvalue weighted by molar-refractivity contribution is 0.571. The van der Waals surface area contributed by atoms with Crippen molar-refractivity contribution in [3.63, 3.8) is 0 Å². The fourth-order valence-electron chi connectivity index (χ4n) is 2.49.